The molecule has 204 valence electrons. The van der Waals surface area contributed by atoms with Gasteiger partial charge in [0.05, 0.1) is 24.8 Å². The van der Waals surface area contributed by atoms with Gasteiger partial charge in [0, 0.05) is 55.8 Å². The molecule has 2 atom stereocenters. The van der Waals surface area contributed by atoms with Crippen LogP contribution >= 0.6 is 0 Å². The van der Waals surface area contributed by atoms with Crippen molar-refractivity contribution in [3.05, 3.63) is 48.2 Å². The summed E-state index contributed by atoms with van der Waals surface area (Å²) in [6, 6.07) is 14.7. The smallest absolute Gasteiger partial charge is 0.319 e. The molecule has 39 heavy (non-hydrogen) atoms. The lowest BCUT2D eigenvalue weighted by molar-refractivity contribution is 0.101. The number of carbonyl (C=O) groups excluding carboxylic acids is 1. The van der Waals surface area contributed by atoms with E-state index >= 15 is 0 Å². The number of phenolic OH excluding ortho intramolecular Hbond substituents is 1. The second-order valence-corrected chi connectivity index (χ2v) is 9.89. The number of nitrogens with zero attached hydrogens (tertiary/aromatic N) is 5. The molecule has 1 aromatic heterocycles. The second-order valence-electron chi connectivity index (χ2n) is 9.89. The molecular formula is C28H33N7O4. The van der Waals surface area contributed by atoms with Crippen molar-refractivity contribution in [3.8, 4) is 17.8 Å². The van der Waals surface area contributed by atoms with Gasteiger partial charge in [-0.15, -0.1) is 0 Å². The Hall–Kier alpha value is -3.98. The lowest BCUT2D eigenvalue weighted by Gasteiger charge is -2.33. The van der Waals surface area contributed by atoms with Crippen LogP contribution in [0.3, 0.4) is 0 Å². The van der Waals surface area contributed by atoms with E-state index in [2.05, 4.69) is 31.6 Å². The highest BCUT2D eigenvalue weighted by molar-refractivity contribution is 6.09. The van der Waals surface area contributed by atoms with Crippen LogP contribution in [0.25, 0.3) is 10.8 Å². The first-order chi connectivity index (χ1) is 19.0. The number of nitrogens with one attached hydrogen (secondary N) is 2. The molecule has 11 nitrogen and oxygen atoms in total. The fraction of sp³-hybridized carbons (Fsp3) is 0.429. The first-order valence-corrected chi connectivity index (χ1v) is 13.3. The number of anilines is 2. The van der Waals surface area contributed by atoms with Gasteiger partial charge in [-0.05, 0) is 30.8 Å². The minimum atomic E-state index is -0.453. The number of ether oxygens (including phenoxy) is 1. The minimum absolute atomic E-state index is 0.00968. The van der Waals surface area contributed by atoms with E-state index < -0.39 is 5.91 Å². The molecule has 1 amide bonds. The first kappa shape index (κ1) is 26.6. The number of β-amino-alcohol motifs (C(OH)–C–C–N with tert-alkyl or cyclic N) is 1. The molecule has 0 aliphatic carbocycles. The number of amides is 1. The van der Waals surface area contributed by atoms with Crippen LogP contribution in [-0.4, -0.2) is 89.0 Å². The van der Waals surface area contributed by atoms with Crippen molar-refractivity contribution in [3.63, 3.8) is 0 Å². The van der Waals surface area contributed by atoms with Gasteiger partial charge in [-0.2, -0.15) is 15.2 Å². The predicted molar refractivity (Wildman–Crippen MR) is 147 cm³/mol. The van der Waals surface area contributed by atoms with Crippen LogP contribution < -0.4 is 20.3 Å². The van der Waals surface area contributed by atoms with Crippen LogP contribution in [0.1, 0.15) is 29.8 Å². The number of hydrogen-bond acceptors (Lipinski definition) is 10. The first-order valence-electron chi connectivity index (χ1n) is 13.3. The number of phenols is 1. The zero-order chi connectivity index (χ0) is 27.2. The number of carbonyl (C=O) groups is 1. The molecule has 0 saturated carbocycles. The fourth-order valence-electron chi connectivity index (χ4n) is 5.30. The maximum absolute atomic E-state index is 13.5. The summed E-state index contributed by atoms with van der Waals surface area (Å²) in [7, 11) is 0. The van der Waals surface area contributed by atoms with Crippen LogP contribution in [0.2, 0.25) is 0 Å². The van der Waals surface area contributed by atoms with E-state index in [1.807, 2.05) is 29.2 Å². The highest BCUT2D eigenvalue weighted by Gasteiger charge is 2.26. The maximum Gasteiger partial charge on any atom is 0.319 e. The van der Waals surface area contributed by atoms with E-state index in [9.17, 15) is 15.0 Å². The van der Waals surface area contributed by atoms with Gasteiger partial charge >= 0.3 is 6.01 Å². The minimum Gasteiger partial charge on any atom is -0.508 e. The number of likely N-dealkylation sites (tertiary alicyclic amines) is 1. The largest absolute Gasteiger partial charge is 0.508 e. The summed E-state index contributed by atoms with van der Waals surface area (Å²) >= 11 is 0. The maximum atomic E-state index is 13.5. The Bertz CT molecular complexity index is 1360. The molecule has 2 fully saturated rings. The van der Waals surface area contributed by atoms with Crippen molar-refractivity contribution in [2.45, 2.75) is 31.3 Å². The Labute approximate surface area is 227 Å². The second kappa shape index (κ2) is 12.3. The van der Waals surface area contributed by atoms with Gasteiger partial charge in [0.15, 0.2) is 0 Å². The van der Waals surface area contributed by atoms with Crippen molar-refractivity contribution in [1.29, 1.82) is 5.26 Å². The Morgan fingerprint density at radius 1 is 1.23 bits per heavy atom. The summed E-state index contributed by atoms with van der Waals surface area (Å²) in [5.74, 6) is 0.143. The van der Waals surface area contributed by atoms with Crippen molar-refractivity contribution in [2.75, 3.05) is 56.2 Å². The number of fused-ring (bicyclic) bond motifs is 1. The monoisotopic (exact) mass is 531 g/mol. The average Bonchev–Trinajstić information content (AvgIpc) is 3.39. The molecule has 4 N–H and O–H groups in total. The fourth-order valence-corrected chi connectivity index (χ4v) is 5.30. The number of benzene rings is 2. The van der Waals surface area contributed by atoms with E-state index in [1.54, 1.807) is 12.1 Å². The Morgan fingerprint density at radius 2 is 2.10 bits per heavy atom. The number of aromatic nitrogens is 2. The summed E-state index contributed by atoms with van der Waals surface area (Å²) < 4.78 is 6.04. The summed E-state index contributed by atoms with van der Waals surface area (Å²) in [6.07, 6.45) is 2.35. The average molecular weight is 532 g/mol. The lowest BCUT2D eigenvalue weighted by Crippen LogP contribution is -2.51. The van der Waals surface area contributed by atoms with Crippen molar-refractivity contribution < 1.29 is 19.7 Å². The van der Waals surface area contributed by atoms with E-state index in [-0.39, 0.29) is 36.1 Å². The molecule has 5 rings (SSSR count). The molecule has 2 aliphatic heterocycles. The molecule has 0 unspecified atom stereocenters. The number of hydrogen-bond donors (Lipinski definition) is 4. The van der Waals surface area contributed by atoms with Crippen LogP contribution in [0, 0.1) is 11.3 Å². The van der Waals surface area contributed by atoms with Crippen molar-refractivity contribution >= 4 is 28.2 Å². The molecule has 2 saturated heterocycles. The molecule has 0 radical (unpaired) electrons. The molecule has 3 heterocycles. The third-order valence-electron chi connectivity index (χ3n) is 7.23. The Kier molecular flexibility index (Phi) is 8.36. The van der Waals surface area contributed by atoms with Gasteiger partial charge in [-0.25, -0.2) is 0 Å². The molecule has 3 aromatic rings. The number of aromatic hydroxyl groups is 1. The zero-order valence-electron chi connectivity index (χ0n) is 21.7. The van der Waals surface area contributed by atoms with Gasteiger partial charge in [0.1, 0.15) is 23.9 Å². The molecule has 0 bridgehead atoms. The molecule has 0 spiro atoms. The van der Waals surface area contributed by atoms with Gasteiger partial charge in [-0.3, -0.25) is 9.69 Å². The third kappa shape index (κ3) is 6.37. The van der Waals surface area contributed by atoms with Crippen molar-refractivity contribution in [2.24, 2.45) is 0 Å². The highest BCUT2D eigenvalue weighted by Crippen LogP contribution is 2.29. The van der Waals surface area contributed by atoms with E-state index in [4.69, 9.17) is 10.00 Å². The Balaban J connectivity index is 1.42. The molecule has 11 heteroatoms. The van der Waals surface area contributed by atoms with Gasteiger partial charge in [0.25, 0.3) is 5.91 Å². The highest BCUT2D eigenvalue weighted by atomic mass is 16.5. The number of piperazine rings is 1. The van der Waals surface area contributed by atoms with Crippen LogP contribution in [0.15, 0.2) is 42.5 Å². The van der Waals surface area contributed by atoms with Crippen LogP contribution in [-0.2, 0) is 0 Å². The molecule has 2 aromatic carbocycles. The van der Waals surface area contributed by atoms with Gasteiger partial charge in [-0.1, -0.05) is 24.3 Å². The SMILES string of the molecule is N#CC[C@H]1CN(c2cc(C(=O)Nc3cc(O)cc4ccccc34)nc(OC[C@@H]3CCCN3CCO)n2)CCN1. The summed E-state index contributed by atoms with van der Waals surface area (Å²) in [5, 5.41) is 36.6. The van der Waals surface area contributed by atoms with E-state index in [0.29, 0.717) is 50.7 Å². The zero-order valence-corrected chi connectivity index (χ0v) is 21.7. The normalized spacial score (nSPS) is 19.6. The van der Waals surface area contributed by atoms with E-state index in [1.165, 1.54) is 6.07 Å². The lowest BCUT2D eigenvalue weighted by atomic mass is 10.1. The third-order valence-corrected chi connectivity index (χ3v) is 7.23. The molecular weight excluding hydrogens is 498 g/mol. The summed E-state index contributed by atoms with van der Waals surface area (Å²) in [6.45, 7) is 3.83. The Morgan fingerprint density at radius 3 is 2.95 bits per heavy atom. The van der Waals surface area contributed by atoms with Gasteiger partial charge in [0.2, 0.25) is 0 Å². The van der Waals surface area contributed by atoms with Crippen LogP contribution in [0.5, 0.6) is 11.8 Å². The quantitative estimate of drug-likeness (QED) is 0.324. The standard InChI is InChI=1S/C28H33N7O4/c29-8-7-20-17-35(11-9-30-20)26-16-25(32-28(33-26)39-18-21-5-3-10-34(21)12-13-36)27(38)31-24-15-22(37)14-19-4-1-2-6-23(19)24/h1-2,4,6,14-16,20-21,30,36-37H,3,5,7,9-13,17-18H2,(H,31,38)/t20-,21-/m0/s1. The van der Waals surface area contributed by atoms with Gasteiger partial charge < -0.3 is 30.5 Å². The van der Waals surface area contributed by atoms with Crippen LogP contribution in [0.4, 0.5) is 11.5 Å². The predicted octanol–water partition coefficient (Wildman–Crippen LogP) is 2.12. The number of nitriles is 1. The molecule has 2 aliphatic rings. The van der Waals surface area contributed by atoms with E-state index in [0.717, 1.165) is 30.2 Å². The summed E-state index contributed by atoms with van der Waals surface area (Å²) in [5.41, 5.74) is 0.608. The number of rotatable bonds is 9. The number of aliphatic hydroxyl groups is 1. The topological polar surface area (TPSA) is 147 Å². The van der Waals surface area contributed by atoms with Crippen molar-refractivity contribution in [1.82, 2.24) is 20.2 Å². The number of aliphatic hydroxyl groups excluding tert-OH is 1. The summed E-state index contributed by atoms with van der Waals surface area (Å²) in [4.78, 5) is 26.8.